The lowest BCUT2D eigenvalue weighted by Crippen LogP contribution is -2.23. The van der Waals surface area contributed by atoms with Gasteiger partial charge in [-0.25, -0.2) is 4.79 Å². The van der Waals surface area contributed by atoms with Crippen LogP contribution in [0.3, 0.4) is 0 Å². The van der Waals surface area contributed by atoms with Crippen LogP contribution in [0.25, 0.3) is 10.8 Å². The SMILES string of the molecule is CC(=O)c1ccc(NC(=O)O[C@@H](c2ccc(O)c3ccccc23)[C@@H](C)CCOC(=O)CS)cc1. The van der Waals surface area contributed by atoms with E-state index in [-0.39, 0.29) is 29.8 Å². The molecule has 1 amide bonds. The van der Waals surface area contributed by atoms with E-state index >= 15 is 0 Å². The number of ether oxygens (including phenoxy) is 2. The molecule has 8 heteroatoms. The van der Waals surface area contributed by atoms with E-state index < -0.39 is 18.2 Å². The summed E-state index contributed by atoms with van der Waals surface area (Å²) in [4.78, 5) is 35.7. The van der Waals surface area contributed by atoms with E-state index in [9.17, 15) is 19.5 Å². The van der Waals surface area contributed by atoms with Crippen molar-refractivity contribution in [2.75, 3.05) is 17.7 Å². The second-order valence-electron chi connectivity index (χ2n) is 7.95. The summed E-state index contributed by atoms with van der Waals surface area (Å²) in [6, 6.07) is 17.1. The lowest BCUT2D eigenvalue weighted by molar-refractivity contribution is -0.141. The molecule has 3 aromatic carbocycles. The van der Waals surface area contributed by atoms with Gasteiger partial charge in [-0.3, -0.25) is 14.9 Å². The van der Waals surface area contributed by atoms with Crippen LogP contribution in [0.2, 0.25) is 0 Å². The van der Waals surface area contributed by atoms with Crippen LogP contribution in [-0.2, 0) is 14.3 Å². The van der Waals surface area contributed by atoms with Crippen molar-refractivity contribution in [1.82, 2.24) is 0 Å². The zero-order chi connectivity index (χ0) is 24.7. The average Bonchev–Trinajstić information content (AvgIpc) is 2.83. The number of phenolic OH excluding ortho intramolecular Hbond substituents is 1. The Morgan fingerprint density at radius 3 is 2.32 bits per heavy atom. The van der Waals surface area contributed by atoms with Gasteiger partial charge in [0.05, 0.1) is 12.4 Å². The van der Waals surface area contributed by atoms with Crippen molar-refractivity contribution in [2.24, 2.45) is 5.92 Å². The Hall–Kier alpha value is -3.52. The van der Waals surface area contributed by atoms with Gasteiger partial charge >= 0.3 is 12.1 Å². The minimum Gasteiger partial charge on any atom is -0.507 e. The summed E-state index contributed by atoms with van der Waals surface area (Å²) in [5.74, 6) is -0.590. The van der Waals surface area contributed by atoms with Crippen molar-refractivity contribution in [3.8, 4) is 5.75 Å². The second kappa shape index (κ2) is 11.6. The summed E-state index contributed by atoms with van der Waals surface area (Å²) in [6.45, 7) is 3.53. The number of ketones is 1. The first kappa shape index (κ1) is 25.1. The Morgan fingerprint density at radius 2 is 1.68 bits per heavy atom. The second-order valence-corrected chi connectivity index (χ2v) is 8.26. The Morgan fingerprint density at radius 1 is 1.00 bits per heavy atom. The molecule has 0 saturated carbocycles. The predicted octanol–water partition coefficient (Wildman–Crippen LogP) is 5.54. The van der Waals surface area contributed by atoms with Gasteiger partial charge in [0.15, 0.2) is 5.78 Å². The van der Waals surface area contributed by atoms with E-state index in [2.05, 4.69) is 17.9 Å². The maximum atomic E-state index is 12.8. The third kappa shape index (κ3) is 6.29. The zero-order valence-corrected chi connectivity index (χ0v) is 19.9. The summed E-state index contributed by atoms with van der Waals surface area (Å²) in [5, 5.41) is 14.4. The summed E-state index contributed by atoms with van der Waals surface area (Å²) in [6.07, 6.45) is -0.909. The van der Waals surface area contributed by atoms with Gasteiger partial charge in [0, 0.05) is 28.1 Å². The minimum absolute atomic E-state index is 0.0122. The average molecular weight is 482 g/mol. The van der Waals surface area contributed by atoms with Gasteiger partial charge in [-0.1, -0.05) is 37.3 Å². The fourth-order valence-corrected chi connectivity index (χ4v) is 3.74. The number of esters is 1. The number of carbonyl (C=O) groups is 3. The molecular weight excluding hydrogens is 454 g/mol. The van der Waals surface area contributed by atoms with Crippen LogP contribution in [0.4, 0.5) is 10.5 Å². The summed E-state index contributed by atoms with van der Waals surface area (Å²) in [5.41, 5.74) is 1.75. The third-order valence-electron chi connectivity index (χ3n) is 5.50. The summed E-state index contributed by atoms with van der Waals surface area (Å²) < 4.78 is 11.0. The zero-order valence-electron chi connectivity index (χ0n) is 19.0. The number of aromatic hydroxyl groups is 1. The van der Waals surface area contributed by atoms with E-state index in [1.54, 1.807) is 42.5 Å². The smallest absolute Gasteiger partial charge is 0.412 e. The third-order valence-corrected chi connectivity index (χ3v) is 5.75. The number of fused-ring (bicyclic) bond motifs is 1. The molecule has 7 nitrogen and oxygen atoms in total. The molecule has 0 aliphatic carbocycles. The number of hydrogen-bond donors (Lipinski definition) is 3. The number of carbonyl (C=O) groups excluding carboxylic acids is 3. The molecule has 0 bridgehead atoms. The van der Waals surface area contributed by atoms with Gasteiger partial charge in [0.1, 0.15) is 11.9 Å². The fraction of sp³-hybridized carbons (Fsp3) is 0.269. The molecule has 0 aliphatic rings. The van der Waals surface area contributed by atoms with Crippen LogP contribution < -0.4 is 5.32 Å². The van der Waals surface area contributed by atoms with Crippen molar-refractivity contribution in [3.05, 3.63) is 71.8 Å². The number of amides is 1. The number of thiol groups is 1. The van der Waals surface area contributed by atoms with E-state index in [1.165, 1.54) is 6.92 Å². The number of hydrogen-bond acceptors (Lipinski definition) is 7. The quantitative estimate of drug-likeness (QED) is 0.211. The highest BCUT2D eigenvalue weighted by atomic mass is 32.1. The predicted molar refractivity (Wildman–Crippen MR) is 133 cm³/mol. The van der Waals surface area contributed by atoms with Crippen molar-refractivity contribution in [1.29, 1.82) is 0 Å². The minimum atomic E-state index is -0.684. The monoisotopic (exact) mass is 481 g/mol. The molecule has 0 heterocycles. The Kier molecular flexibility index (Phi) is 8.54. The highest BCUT2D eigenvalue weighted by Crippen LogP contribution is 2.37. The Bertz CT molecular complexity index is 1180. The molecule has 3 rings (SSSR count). The van der Waals surface area contributed by atoms with Gasteiger partial charge in [0.25, 0.3) is 0 Å². The molecule has 0 unspecified atom stereocenters. The van der Waals surface area contributed by atoms with Crippen LogP contribution in [-0.4, -0.2) is 35.3 Å². The number of anilines is 1. The molecule has 0 aromatic heterocycles. The van der Waals surface area contributed by atoms with E-state index in [0.717, 1.165) is 10.9 Å². The first-order valence-electron chi connectivity index (χ1n) is 10.9. The van der Waals surface area contributed by atoms with Crippen LogP contribution >= 0.6 is 12.6 Å². The Balaban J connectivity index is 1.84. The number of nitrogens with one attached hydrogen (secondary N) is 1. The molecule has 0 radical (unpaired) electrons. The first-order chi connectivity index (χ1) is 16.3. The number of benzene rings is 3. The topological polar surface area (TPSA) is 102 Å². The van der Waals surface area contributed by atoms with E-state index in [0.29, 0.717) is 23.1 Å². The van der Waals surface area contributed by atoms with Gasteiger partial charge in [-0.15, -0.1) is 0 Å². The summed E-state index contributed by atoms with van der Waals surface area (Å²) >= 11 is 3.90. The lowest BCUT2D eigenvalue weighted by Gasteiger charge is -2.26. The van der Waals surface area contributed by atoms with Gasteiger partial charge in [-0.05, 0) is 49.1 Å². The van der Waals surface area contributed by atoms with Crippen molar-refractivity contribution in [2.45, 2.75) is 26.4 Å². The molecule has 34 heavy (non-hydrogen) atoms. The number of phenols is 1. The van der Waals surface area contributed by atoms with Crippen molar-refractivity contribution < 1.29 is 29.0 Å². The van der Waals surface area contributed by atoms with Crippen LogP contribution in [0.5, 0.6) is 5.75 Å². The van der Waals surface area contributed by atoms with Crippen molar-refractivity contribution in [3.63, 3.8) is 0 Å². The molecule has 0 saturated heterocycles. The van der Waals surface area contributed by atoms with Crippen LogP contribution in [0, 0.1) is 5.92 Å². The van der Waals surface area contributed by atoms with Gasteiger partial charge in [-0.2, -0.15) is 12.6 Å². The molecule has 3 aromatic rings. The van der Waals surface area contributed by atoms with E-state index in [1.807, 2.05) is 25.1 Å². The molecular formula is C26H27NO6S. The highest BCUT2D eigenvalue weighted by molar-refractivity contribution is 7.81. The Labute approximate surface area is 203 Å². The van der Waals surface area contributed by atoms with Gasteiger partial charge < -0.3 is 14.6 Å². The standard InChI is InChI=1S/C26H27NO6S/c1-16(13-14-32-24(30)15-34)25(22-11-12-23(29)21-6-4-3-5-20(21)22)33-26(31)27-19-9-7-18(8-10-19)17(2)28/h3-12,16,25,29,34H,13-15H2,1-2H3,(H,27,31)/t16-,25+/m0/s1. The van der Waals surface area contributed by atoms with Gasteiger partial charge in [0.2, 0.25) is 0 Å². The summed E-state index contributed by atoms with van der Waals surface area (Å²) in [7, 11) is 0. The van der Waals surface area contributed by atoms with Crippen molar-refractivity contribution >= 4 is 46.9 Å². The maximum Gasteiger partial charge on any atom is 0.412 e. The number of rotatable bonds is 9. The van der Waals surface area contributed by atoms with Crippen LogP contribution in [0.1, 0.15) is 42.3 Å². The molecule has 2 N–H and O–H groups in total. The number of Topliss-reactive ketones (excluding diaryl/α,β-unsaturated/α-hetero) is 1. The molecule has 0 aliphatic heterocycles. The molecule has 178 valence electrons. The first-order valence-corrected chi connectivity index (χ1v) is 11.5. The molecule has 0 spiro atoms. The normalized spacial score (nSPS) is 12.6. The van der Waals surface area contributed by atoms with E-state index in [4.69, 9.17) is 9.47 Å². The molecule has 2 atom stereocenters. The largest absolute Gasteiger partial charge is 0.507 e. The lowest BCUT2D eigenvalue weighted by atomic mass is 9.90. The molecule has 0 fully saturated rings. The van der Waals surface area contributed by atoms with Crippen LogP contribution in [0.15, 0.2) is 60.7 Å². The highest BCUT2D eigenvalue weighted by Gasteiger charge is 2.26. The fourth-order valence-electron chi connectivity index (χ4n) is 3.65. The maximum absolute atomic E-state index is 12.8.